The van der Waals surface area contributed by atoms with Crippen LogP contribution in [0.25, 0.3) is 5.57 Å². The van der Waals surface area contributed by atoms with Gasteiger partial charge in [0.05, 0.1) is 11.3 Å². The van der Waals surface area contributed by atoms with Gasteiger partial charge < -0.3 is 24.6 Å². The first-order valence-electron chi connectivity index (χ1n) is 13.1. The summed E-state index contributed by atoms with van der Waals surface area (Å²) in [6, 6.07) is 16.8. The number of aromatic nitrogens is 1. The molecule has 0 radical (unpaired) electrons. The molecule has 1 saturated heterocycles. The number of carboxylic acid groups (broad SMARTS) is 1. The van der Waals surface area contributed by atoms with E-state index >= 15 is 0 Å². The summed E-state index contributed by atoms with van der Waals surface area (Å²) in [5, 5.41) is 21.4. The SMILES string of the molecule is CC1(C)CN(CCC=C2c3cc(OCC(=O)O)ccc3OCc3ncccc32)CCC1(O)c1ccc(Cl)cc1. The molecule has 0 bridgehead atoms. The maximum atomic E-state index is 11.7. The van der Waals surface area contributed by atoms with Gasteiger partial charge in [0.1, 0.15) is 18.1 Å². The minimum absolute atomic E-state index is 0.347. The van der Waals surface area contributed by atoms with E-state index in [9.17, 15) is 9.90 Å². The fraction of sp³-hybridized carbons (Fsp3) is 0.355. The van der Waals surface area contributed by atoms with E-state index in [0.29, 0.717) is 29.5 Å². The lowest BCUT2D eigenvalue weighted by atomic mass is 9.66. The Morgan fingerprint density at radius 3 is 2.72 bits per heavy atom. The number of likely N-dealkylation sites (tertiary alicyclic amines) is 1. The number of carbonyl (C=O) groups is 1. The van der Waals surface area contributed by atoms with Crippen LogP contribution < -0.4 is 9.47 Å². The molecule has 2 aliphatic rings. The maximum Gasteiger partial charge on any atom is 0.341 e. The molecule has 39 heavy (non-hydrogen) atoms. The number of nitrogens with zero attached hydrogens (tertiary/aromatic N) is 2. The highest BCUT2D eigenvalue weighted by Gasteiger charge is 2.48. The molecule has 3 heterocycles. The van der Waals surface area contributed by atoms with Gasteiger partial charge in [-0.05, 0) is 60.4 Å². The molecule has 0 aliphatic carbocycles. The third-order valence-corrected chi connectivity index (χ3v) is 8.04. The van der Waals surface area contributed by atoms with Crippen molar-refractivity contribution in [3.05, 3.63) is 94.3 Å². The predicted octanol–water partition coefficient (Wildman–Crippen LogP) is 5.53. The molecular weight excluding hydrogens is 516 g/mol. The van der Waals surface area contributed by atoms with Gasteiger partial charge in [-0.1, -0.05) is 49.7 Å². The number of benzene rings is 2. The zero-order valence-electron chi connectivity index (χ0n) is 22.2. The molecule has 5 rings (SSSR count). The number of pyridine rings is 1. The molecule has 1 unspecified atom stereocenters. The minimum atomic E-state index is -1.03. The van der Waals surface area contributed by atoms with E-state index in [1.165, 1.54) is 0 Å². The molecular formula is C31H33ClN2O5. The molecule has 2 N–H and O–H groups in total. The number of aliphatic carboxylic acids is 1. The highest BCUT2D eigenvalue weighted by Crippen LogP contribution is 2.46. The van der Waals surface area contributed by atoms with E-state index in [1.807, 2.05) is 48.5 Å². The van der Waals surface area contributed by atoms with Crippen molar-refractivity contribution in [1.29, 1.82) is 0 Å². The quantitative estimate of drug-likeness (QED) is 0.401. The maximum absolute atomic E-state index is 11.7. The zero-order valence-corrected chi connectivity index (χ0v) is 22.9. The number of rotatable bonds is 7. The largest absolute Gasteiger partial charge is 0.487 e. The average Bonchev–Trinajstić information content (AvgIpc) is 3.06. The Balaban J connectivity index is 1.37. The normalized spacial score (nSPS) is 21.4. The molecule has 0 saturated carbocycles. The van der Waals surface area contributed by atoms with E-state index in [-0.39, 0.29) is 5.41 Å². The van der Waals surface area contributed by atoms with E-state index in [2.05, 4.69) is 29.8 Å². The van der Waals surface area contributed by atoms with Crippen LogP contribution in [0.1, 0.15) is 49.1 Å². The first kappa shape index (κ1) is 27.2. The standard InChI is InChI=1S/C31H33ClN2O5/c1-30(2)20-34(16-13-31(30,37)21-7-9-22(32)10-8-21)15-4-6-24-25-5-3-14-33-27(25)18-39-28-12-11-23(17-26(24)28)38-19-29(35)36/h3,5-12,14,17,37H,4,13,15-16,18-20H2,1-2H3,(H,35,36). The molecule has 7 nitrogen and oxygen atoms in total. The molecule has 2 aliphatic heterocycles. The molecule has 3 aromatic rings. The second kappa shape index (κ2) is 11.0. The molecule has 1 atom stereocenters. The topological polar surface area (TPSA) is 92.1 Å². The Kier molecular flexibility index (Phi) is 7.67. The Bertz CT molecular complexity index is 1390. The summed E-state index contributed by atoms with van der Waals surface area (Å²) in [7, 11) is 0. The number of fused-ring (bicyclic) bond motifs is 2. The summed E-state index contributed by atoms with van der Waals surface area (Å²) in [5.41, 5.74) is 3.28. The lowest BCUT2D eigenvalue weighted by Crippen LogP contribution is -2.55. The summed E-state index contributed by atoms with van der Waals surface area (Å²) < 4.78 is 11.5. The Hall–Kier alpha value is -3.39. The van der Waals surface area contributed by atoms with Gasteiger partial charge in [0.15, 0.2) is 6.61 Å². The van der Waals surface area contributed by atoms with Gasteiger partial charge in [0.25, 0.3) is 0 Å². The van der Waals surface area contributed by atoms with Crippen molar-refractivity contribution in [2.24, 2.45) is 5.41 Å². The van der Waals surface area contributed by atoms with Crippen LogP contribution in [0.5, 0.6) is 11.5 Å². The van der Waals surface area contributed by atoms with Gasteiger partial charge >= 0.3 is 5.97 Å². The van der Waals surface area contributed by atoms with E-state index in [0.717, 1.165) is 54.0 Å². The lowest BCUT2D eigenvalue weighted by Gasteiger charge is -2.50. The second-order valence-electron chi connectivity index (χ2n) is 10.8. The Labute approximate surface area is 233 Å². The number of hydrogen-bond acceptors (Lipinski definition) is 6. The number of aliphatic hydroxyl groups is 1. The Morgan fingerprint density at radius 2 is 1.97 bits per heavy atom. The fourth-order valence-corrected chi connectivity index (χ4v) is 5.79. The predicted molar refractivity (Wildman–Crippen MR) is 150 cm³/mol. The van der Waals surface area contributed by atoms with Crippen molar-refractivity contribution in [3.8, 4) is 11.5 Å². The molecule has 0 amide bonds. The number of ether oxygens (including phenoxy) is 2. The highest BCUT2D eigenvalue weighted by molar-refractivity contribution is 6.30. The van der Waals surface area contributed by atoms with Crippen LogP contribution in [-0.2, 0) is 17.0 Å². The monoisotopic (exact) mass is 548 g/mol. The number of carboxylic acids is 1. The first-order valence-corrected chi connectivity index (χ1v) is 13.5. The van der Waals surface area contributed by atoms with Gasteiger partial charge in [-0.3, -0.25) is 4.98 Å². The summed E-state index contributed by atoms with van der Waals surface area (Å²) >= 11 is 6.08. The van der Waals surface area contributed by atoms with Crippen molar-refractivity contribution in [1.82, 2.24) is 9.88 Å². The van der Waals surface area contributed by atoms with Gasteiger partial charge in [0.2, 0.25) is 0 Å². The summed E-state index contributed by atoms with van der Waals surface area (Å²) in [4.78, 5) is 18.0. The first-order chi connectivity index (χ1) is 18.7. The van der Waals surface area contributed by atoms with Crippen LogP contribution in [-0.4, -0.2) is 52.3 Å². The van der Waals surface area contributed by atoms with E-state index in [4.69, 9.17) is 26.2 Å². The molecule has 204 valence electrons. The smallest absolute Gasteiger partial charge is 0.341 e. The van der Waals surface area contributed by atoms with Crippen LogP contribution >= 0.6 is 11.6 Å². The number of halogens is 1. The van der Waals surface area contributed by atoms with Crippen LogP contribution in [0.15, 0.2) is 66.9 Å². The second-order valence-corrected chi connectivity index (χ2v) is 11.2. The van der Waals surface area contributed by atoms with Crippen LogP contribution in [0, 0.1) is 5.41 Å². The van der Waals surface area contributed by atoms with Gasteiger partial charge in [0, 0.05) is 47.4 Å². The van der Waals surface area contributed by atoms with Crippen molar-refractivity contribution in [2.45, 2.75) is 38.9 Å². The van der Waals surface area contributed by atoms with Gasteiger partial charge in [-0.15, -0.1) is 0 Å². The highest BCUT2D eigenvalue weighted by atomic mass is 35.5. The van der Waals surface area contributed by atoms with Crippen LogP contribution in [0.2, 0.25) is 5.02 Å². The van der Waals surface area contributed by atoms with Crippen molar-refractivity contribution in [2.75, 3.05) is 26.2 Å². The third-order valence-electron chi connectivity index (χ3n) is 7.79. The van der Waals surface area contributed by atoms with Gasteiger partial charge in [-0.2, -0.15) is 0 Å². The summed E-state index contributed by atoms with van der Waals surface area (Å²) in [6.07, 6.45) is 5.36. The summed E-state index contributed by atoms with van der Waals surface area (Å²) in [5.74, 6) is 0.144. The minimum Gasteiger partial charge on any atom is -0.487 e. The van der Waals surface area contributed by atoms with Crippen molar-refractivity contribution in [3.63, 3.8) is 0 Å². The molecule has 0 spiro atoms. The fourth-order valence-electron chi connectivity index (χ4n) is 5.66. The zero-order chi connectivity index (χ0) is 27.6. The summed E-state index contributed by atoms with van der Waals surface area (Å²) in [6.45, 7) is 6.52. The molecule has 1 fully saturated rings. The lowest BCUT2D eigenvalue weighted by molar-refractivity contribution is -0.139. The number of hydrogen-bond donors (Lipinski definition) is 2. The van der Waals surface area contributed by atoms with Crippen molar-refractivity contribution >= 4 is 23.1 Å². The molecule has 2 aromatic carbocycles. The molecule has 1 aromatic heterocycles. The Morgan fingerprint density at radius 1 is 1.18 bits per heavy atom. The third kappa shape index (κ3) is 5.66. The average molecular weight is 549 g/mol. The molecule has 8 heteroatoms. The van der Waals surface area contributed by atoms with Crippen molar-refractivity contribution < 1.29 is 24.5 Å². The van der Waals surface area contributed by atoms with E-state index in [1.54, 1.807) is 12.3 Å². The number of piperidine rings is 1. The van der Waals surface area contributed by atoms with Crippen LogP contribution in [0.3, 0.4) is 0 Å². The van der Waals surface area contributed by atoms with Gasteiger partial charge in [-0.25, -0.2) is 4.79 Å². The van der Waals surface area contributed by atoms with Crippen LogP contribution in [0.4, 0.5) is 0 Å². The van der Waals surface area contributed by atoms with E-state index < -0.39 is 18.2 Å².